The third kappa shape index (κ3) is 5.43. The largest absolute Gasteiger partial charge is 0.326 e. The summed E-state index contributed by atoms with van der Waals surface area (Å²) in [6.45, 7) is 1.04. The number of hydrogen-bond acceptors (Lipinski definition) is 3. The predicted octanol–water partition coefficient (Wildman–Crippen LogP) is 6.63. The maximum Gasteiger partial charge on any atom is 0.258 e. The number of anilines is 3. The summed E-state index contributed by atoms with van der Waals surface area (Å²) in [7, 11) is 0. The number of nitrogens with one attached hydrogen (secondary N) is 3. The zero-order valence-corrected chi connectivity index (χ0v) is 21.4. The van der Waals surface area contributed by atoms with Gasteiger partial charge in [0.2, 0.25) is 11.8 Å². The van der Waals surface area contributed by atoms with Crippen molar-refractivity contribution in [1.82, 2.24) is 0 Å². The monoisotopic (exact) mass is 587 g/mol. The Morgan fingerprint density at radius 1 is 0.842 bits per heavy atom. The Bertz CT molecular complexity index is 1490. The van der Waals surface area contributed by atoms with Crippen LogP contribution in [0.5, 0.6) is 0 Å². The van der Waals surface area contributed by atoms with E-state index in [0.717, 1.165) is 37.3 Å². The van der Waals surface area contributed by atoms with Crippen LogP contribution in [-0.2, 0) is 9.59 Å². The first-order valence-corrected chi connectivity index (χ1v) is 11.9. The molecule has 13 heteroatoms. The van der Waals surface area contributed by atoms with Crippen molar-refractivity contribution in [3.05, 3.63) is 87.9 Å². The summed E-state index contributed by atoms with van der Waals surface area (Å²) in [6, 6.07) is 8.58. The molecule has 198 valence electrons. The van der Waals surface area contributed by atoms with Crippen LogP contribution in [0.4, 0.5) is 34.6 Å². The van der Waals surface area contributed by atoms with Gasteiger partial charge in [0.1, 0.15) is 27.5 Å². The Hall–Kier alpha value is -3.34. The molecule has 0 aromatic heterocycles. The summed E-state index contributed by atoms with van der Waals surface area (Å²) < 4.78 is 54.9. The molecule has 0 heterocycles. The Morgan fingerprint density at radius 2 is 1.50 bits per heavy atom. The molecule has 6 nitrogen and oxygen atoms in total. The minimum Gasteiger partial charge on any atom is -0.326 e. The highest BCUT2D eigenvalue weighted by atomic mass is 35.5. The standard InChI is InChI=1S/C25H16Cl3F4N3O3/c1-10(36)33-22-17(31)6-7-18(21(22)32)35-23(37)13-9-12(3-5-15(13)29)34-24(38)20-19(25(20,27)28)11-2-4-16(30)14(26)8-11/h2-9,19-20H,1H3,(H,33,36)(H,34,38)(H,35,37)/t19-,20+/m0/s1. The second-order valence-corrected chi connectivity index (χ2v) is 10.3. The predicted molar refractivity (Wildman–Crippen MR) is 136 cm³/mol. The normalized spacial score (nSPS) is 17.5. The van der Waals surface area contributed by atoms with Crippen molar-refractivity contribution in [3.63, 3.8) is 0 Å². The van der Waals surface area contributed by atoms with Crippen LogP contribution in [0, 0.1) is 29.2 Å². The molecule has 0 radical (unpaired) electrons. The van der Waals surface area contributed by atoms with Gasteiger partial charge in [-0.15, -0.1) is 23.2 Å². The number of carbonyl (C=O) groups excluding carboxylic acids is 3. The molecule has 3 N–H and O–H groups in total. The van der Waals surface area contributed by atoms with Crippen LogP contribution < -0.4 is 16.0 Å². The van der Waals surface area contributed by atoms with Crippen LogP contribution in [0.3, 0.4) is 0 Å². The van der Waals surface area contributed by atoms with E-state index in [4.69, 9.17) is 34.8 Å². The lowest BCUT2D eigenvalue weighted by Gasteiger charge is -2.12. The minimum atomic E-state index is -1.53. The lowest BCUT2D eigenvalue weighted by Crippen LogP contribution is -2.19. The third-order valence-corrected chi connectivity index (χ3v) is 6.99. The maximum absolute atomic E-state index is 14.6. The van der Waals surface area contributed by atoms with Crippen LogP contribution in [0.15, 0.2) is 48.5 Å². The lowest BCUT2D eigenvalue weighted by molar-refractivity contribution is -0.117. The highest BCUT2D eigenvalue weighted by molar-refractivity contribution is 6.53. The van der Waals surface area contributed by atoms with Crippen LogP contribution in [0.2, 0.25) is 5.02 Å². The zero-order valence-electron chi connectivity index (χ0n) is 19.1. The Labute approximate surface area is 228 Å². The molecule has 1 aliphatic rings. The van der Waals surface area contributed by atoms with Crippen LogP contribution in [0.1, 0.15) is 28.8 Å². The summed E-state index contributed by atoms with van der Waals surface area (Å²) in [5.41, 5.74) is -1.47. The van der Waals surface area contributed by atoms with E-state index >= 15 is 0 Å². The summed E-state index contributed by atoms with van der Waals surface area (Å²) in [5, 5.41) is 6.39. The average molecular weight is 589 g/mol. The highest BCUT2D eigenvalue weighted by Gasteiger charge is 2.67. The summed E-state index contributed by atoms with van der Waals surface area (Å²) in [5.74, 6) is -8.24. The molecule has 4 rings (SSSR count). The molecule has 1 saturated carbocycles. The van der Waals surface area contributed by atoms with E-state index in [0.29, 0.717) is 5.56 Å². The van der Waals surface area contributed by atoms with Gasteiger partial charge in [0.25, 0.3) is 5.91 Å². The van der Waals surface area contributed by atoms with E-state index in [1.165, 1.54) is 18.2 Å². The molecule has 1 fully saturated rings. The fourth-order valence-electron chi connectivity index (χ4n) is 3.90. The van der Waals surface area contributed by atoms with E-state index in [1.54, 1.807) is 0 Å². The molecule has 0 aliphatic heterocycles. The average Bonchev–Trinajstić information content (AvgIpc) is 3.43. The first-order valence-electron chi connectivity index (χ1n) is 10.8. The summed E-state index contributed by atoms with van der Waals surface area (Å²) in [4.78, 5) is 36.8. The molecule has 2 atom stereocenters. The van der Waals surface area contributed by atoms with Gasteiger partial charge in [0.15, 0.2) is 5.82 Å². The number of halogens is 7. The van der Waals surface area contributed by atoms with Crippen LogP contribution in [-0.4, -0.2) is 22.1 Å². The fraction of sp³-hybridized carbons (Fsp3) is 0.160. The van der Waals surface area contributed by atoms with Gasteiger partial charge in [-0.1, -0.05) is 17.7 Å². The highest BCUT2D eigenvalue weighted by Crippen LogP contribution is 2.65. The molecule has 3 aromatic carbocycles. The van der Waals surface area contributed by atoms with Gasteiger partial charge in [-0.2, -0.15) is 0 Å². The third-order valence-electron chi connectivity index (χ3n) is 5.76. The van der Waals surface area contributed by atoms with Crippen molar-refractivity contribution < 1.29 is 31.9 Å². The smallest absolute Gasteiger partial charge is 0.258 e. The molecule has 0 bridgehead atoms. The van der Waals surface area contributed by atoms with Crippen molar-refractivity contribution in [1.29, 1.82) is 0 Å². The molecule has 0 unspecified atom stereocenters. The van der Waals surface area contributed by atoms with Crippen LogP contribution >= 0.6 is 34.8 Å². The topological polar surface area (TPSA) is 87.3 Å². The summed E-state index contributed by atoms with van der Waals surface area (Å²) >= 11 is 18.4. The Morgan fingerprint density at radius 3 is 2.16 bits per heavy atom. The molecule has 3 aromatic rings. The second kappa shape index (κ2) is 10.4. The van der Waals surface area contributed by atoms with E-state index in [9.17, 15) is 31.9 Å². The van der Waals surface area contributed by atoms with E-state index in [2.05, 4.69) is 10.6 Å². The van der Waals surface area contributed by atoms with Crippen molar-refractivity contribution >= 4 is 69.6 Å². The fourth-order valence-corrected chi connectivity index (χ4v) is 4.92. The van der Waals surface area contributed by atoms with E-state index < -0.39 is 74.1 Å². The van der Waals surface area contributed by atoms with E-state index in [1.807, 2.05) is 5.32 Å². The van der Waals surface area contributed by atoms with Crippen molar-refractivity contribution in [2.75, 3.05) is 16.0 Å². The SMILES string of the molecule is CC(=O)Nc1c(F)ccc(NC(=O)c2cc(NC(=O)[C@H]3[C@H](c4ccc(F)c(Cl)c4)C3(Cl)Cl)ccc2F)c1F. The maximum atomic E-state index is 14.6. The summed E-state index contributed by atoms with van der Waals surface area (Å²) in [6.07, 6.45) is 0. The van der Waals surface area contributed by atoms with Crippen LogP contribution in [0.25, 0.3) is 0 Å². The number of hydrogen-bond donors (Lipinski definition) is 3. The second-order valence-electron chi connectivity index (χ2n) is 8.41. The molecule has 38 heavy (non-hydrogen) atoms. The molecule has 0 spiro atoms. The molecular weight excluding hydrogens is 573 g/mol. The lowest BCUT2D eigenvalue weighted by atomic mass is 10.1. The number of rotatable bonds is 6. The van der Waals surface area contributed by atoms with Gasteiger partial charge in [-0.05, 0) is 48.0 Å². The number of carbonyl (C=O) groups is 3. The number of alkyl halides is 2. The van der Waals surface area contributed by atoms with Crippen molar-refractivity contribution in [2.45, 2.75) is 17.2 Å². The Kier molecular flexibility index (Phi) is 7.60. The quantitative estimate of drug-likeness (QED) is 0.223. The van der Waals surface area contributed by atoms with Gasteiger partial charge in [-0.3, -0.25) is 14.4 Å². The van der Waals surface area contributed by atoms with Gasteiger partial charge in [0, 0.05) is 18.5 Å². The molecule has 1 aliphatic carbocycles. The first-order chi connectivity index (χ1) is 17.8. The van der Waals surface area contributed by atoms with Gasteiger partial charge in [-0.25, -0.2) is 17.6 Å². The minimum absolute atomic E-state index is 0.00742. The molecular formula is C25H16Cl3F4N3O3. The molecule has 0 saturated heterocycles. The number of amides is 3. The zero-order chi connectivity index (χ0) is 27.9. The first kappa shape index (κ1) is 27.7. The number of benzene rings is 3. The van der Waals surface area contributed by atoms with Crippen molar-refractivity contribution in [3.8, 4) is 0 Å². The van der Waals surface area contributed by atoms with Gasteiger partial charge >= 0.3 is 0 Å². The van der Waals surface area contributed by atoms with E-state index in [-0.39, 0.29) is 10.7 Å². The molecule has 3 amide bonds. The van der Waals surface area contributed by atoms with Gasteiger partial charge < -0.3 is 16.0 Å². The van der Waals surface area contributed by atoms with Gasteiger partial charge in [0.05, 0.1) is 22.2 Å². The Balaban J connectivity index is 1.52. The van der Waals surface area contributed by atoms with Crippen molar-refractivity contribution in [2.24, 2.45) is 5.92 Å².